The summed E-state index contributed by atoms with van der Waals surface area (Å²) in [5, 5.41) is 11.5. The van der Waals surface area contributed by atoms with Crippen molar-refractivity contribution in [2.24, 2.45) is 5.10 Å². The third kappa shape index (κ3) is 5.63. The summed E-state index contributed by atoms with van der Waals surface area (Å²) in [6.45, 7) is 0. The molecule has 0 aromatic heterocycles. The quantitative estimate of drug-likeness (QED) is 0.316. The predicted molar refractivity (Wildman–Crippen MR) is 129 cm³/mol. The van der Waals surface area contributed by atoms with Crippen LogP contribution in [0.15, 0.2) is 71.8 Å². The lowest BCUT2D eigenvalue weighted by molar-refractivity contribution is -0.136. The minimum Gasteiger partial charge on any atom is -0.349 e. The van der Waals surface area contributed by atoms with Crippen LogP contribution in [0.25, 0.3) is 10.8 Å². The van der Waals surface area contributed by atoms with Gasteiger partial charge in [-0.15, -0.1) is 0 Å². The van der Waals surface area contributed by atoms with E-state index in [1.54, 1.807) is 24.3 Å². The Kier molecular flexibility index (Phi) is 7.09. The van der Waals surface area contributed by atoms with Gasteiger partial charge in [0.2, 0.25) is 0 Å². The Bertz CT molecular complexity index is 1190. The molecule has 7 heteroatoms. The van der Waals surface area contributed by atoms with Gasteiger partial charge in [0.05, 0.1) is 17.5 Å². The number of nitrogens with zero attached hydrogens (tertiary/aromatic N) is 1. The molecule has 0 spiro atoms. The fourth-order valence-electron chi connectivity index (χ4n) is 4.05. The van der Waals surface area contributed by atoms with Crippen molar-refractivity contribution in [1.29, 1.82) is 0 Å². The molecule has 1 saturated carbocycles. The van der Waals surface area contributed by atoms with Gasteiger partial charge < -0.3 is 10.6 Å². The highest BCUT2D eigenvalue weighted by Gasteiger charge is 2.20. The van der Waals surface area contributed by atoms with Crippen LogP contribution in [0.2, 0.25) is 0 Å². The smallest absolute Gasteiger partial charge is 0.329 e. The van der Waals surface area contributed by atoms with Gasteiger partial charge in [-0.2, -0.15) is 5.10 Å². The number of hydrogen-bond acceptors (Lipinski definition) is 4. The average molecular weight is 443 g/mol. The van der Waals surface area contributed by atoms with Gasteiger partial charge in [-0.1, -0.05) is 73.9 Å². The lowest BCUT2D eigenvalue weighted by Crippen LogP contribution is -2.37. The molecule has 1 aliphatic carbocycles. The standard InChI is InChI=1S/C26H26N4O3/c31-24(28-20-12-2-1-3-13-20)22-15-6-7-16-23(22)29-25(32)26(33)30-27-17-19-11-8-10-18-9-4-5-14-21(18)19/h4-11,14-17,20H,1-3,12-13H2,(H,28,31)(H,29,32)(H,30,33)/b27-17-. The summed E-state index contributed by atoms with van der Waals surface area (Å²) in [4.78, 5) is 37.4. The molecule has 1 aliphatic rings. The van der Waals surface area contributed by atoms with E-state index in [1.807, 2.05) is 42.5 Å². The van der Waals surface area contributed by atoms with Crippen molar-refractivity contribution in [3.63, 3.8) is 0 Å². The molecule has 0 radical (unpaired) electrons. The van der Waals surface area contributed by atoms with Crippen molar-refractivity contribution in [3.05, 3.63) is 77.9 Å². The molecule has 3 amide bonds. The zero-order valence-electron chi connectivity index (χ0n) is 18.2. The van der Waals surface area contributed by atoms with Gasteiger partial charge in [-0.05, 0) is 35.7 Å². The van der Waals surface area contributed by atoms with Crippen LogP contribution in [-0.4, -0.2) is 30.0 Å². The molecule has 3 N–H and O–H groups in total. The van der Waals surface area contributed by atoms with Gasteiger partial charge in [0.1, 0.15) is 0 Å². The number of hydrogen-bond donors (Lipinski definition) is 3. The summed E-state index contributed by atoms with van der Waals surface area (Å²) in [6.07, 6.45) is 6.80. The van der Waals surface area contributed by atoms with Crippen LogP contribution >= 0.6 is 0 Å². The lowest BCUT2D eigenvalue weighted by Gasteiger charge is -2.23. The Morgan fingerprint density at radius 2 is 1.55 bits per heavy atom. The molecule has 33 heavy (non-hydrogen) atoms. The van der Waals surface area contributed by atoms with Crippen LogP contribution in [0.3, 0.4) is 0 Å². The van der Waals surface area contributed by atoms with E-state index in [1.165, 1.54) is 12.6 Å². The average Bonchev–Trinajstić information content (AvgIpc) is 2.85. The summed E-state index contributed by atoms with van der Waals surface area (Å²) >= 11 is 0. The SMILES string of the molecule is O=C(N/N=C\c1cccc2ccccc12)C(=O)Nc1ccccc1C(=O)NC1CCCCC1. The molecule has 0 atom stereocenters. The van der Waals surface area contributed by atoms with E-state index in [4.69, 9.17) is 0 Å². The maximum atomic E-state index is 12.7. The lowest BCUT2D eigenvalue weighted by atomic mass is 9.95. The van der Waals surface area contributed by atoms with Gasteiger partial charge >= 0.3 is 11.8 Å². The number of anilines is 1. The topological polar surface area (TPSA) is 99.7 Å². The maximum absolute atomic E-state index is 12.7. The molecular formula is C26H26N4O3. The highest BCUT2D eigenvalue weighted by molar-refractivity contribution is 6.40. The molecule has 0 heterocycles. The number of hydrazone groups is 1. The van der Waals surface area contributed by atoms with Gasteiger partial charge in [0.25, 0.3) is 5.91 Å². The maximum Gasteiger partial charge on any atom is 0.329 e. The van der Waals surface area contributed by atoms with E-state index in [2.05, 4.69) is 21.2 Å². The van der Waals surface area contributed by atoms with E-state index in [0.29, 0.717) is 5.56 Å². The van der Waals surface area contributed by atoms with Crippen LogP contribution < -0.4 is 16.1 Å². The number of nitrogens with one attached hydrogen (secondary N) is 3. The number of carbonyl (C=O) groups is 3. The third-order valence-electron chi connectivity index (χ3n) is 5.76. The van der Waals surface area contributed by atoms with Crippen LogP contribution in [0.1, 0.15) is 48.0 Å². The first-order valence-corrected chi connectivity index (χ1v) is 11.1. The Labute approximate surface area is 192 Å². The van der Waals surface area contributed by atoms with Crippen molar-refractivity contribution in [2.75, 3.05) is 5.32 Å². The summed E-state index contributed by atoms with van der Waals surface area (Å²) < 4.78 is 0. The fourth-order valence-corrected chi connectivity index (χ4v) is 4.05. The van der Waals surface area contributed by atoms with Crippen molar-refractivity contribution >= 4 is 40.4 Å². The predicted octanol–water partition coefficient (Wildman–Crippen LogP) is 3.99. The summed E-state index contributed by atoms with van der Waals surface area (Å²) in [6, 6.07) is 20.4. The second-order valence-corrected chi connectivity index (χ2v) is 8.08. The number of rotatable bonds is 5. The molecule has 0 unspecified atom stereocenters. The van der Waals surface area contributed by atoms with E-state index < -0.39 is 11.8 Å². The monoisotopic (exact) mass is 442 g/mol. The second kappa shape index (κ2) is 10.5. The van der Waals surface area contributed by atoms with Gasteiger partial charge in [-0.3, -0.25) is 14.4 Å². The van der Waals surface area contributed by atoms with Gasteiger partial charge in [0, 0.05) is 11.6 Å². The minimum absolute atomic E-state index is 0.140. The molecule has 0 saturated heterocycles. The number of fused-ring (bicyclic) bond motifs is 1. The number of carbonyl (C=O) groups excluding carboxylic acids is 3. The summed E-state index contributed by atoms with van der Waals surface area (Å²) in [5.41, 5.74) is 3.67. The minimum atomic E-state index is -0.922. The fraction of sp³-hybridized carbons (Fsp3) is 0.231. The van der Waals surface area contributed by atoms with E-state index in [0.717, 1.165) is 42.0 Å². The Morgan fingerprint density at radius 3 is 2.39 bits per heavy atom. The third-order valence-corrected chi connectivity index (χ3v) is 5.76. The van der Waals surface area contributed by atoms with Crippen molar-refractivity contribution in [2.45, 2.75) is 38.1 Å². The van der Waals surface area contributed by atoms with Gasteiger partial charge in [-0.25, -0.2) is 5.43 Å². The van der Waals surface area contributed by atoms with Gasteiger partial charge in [0.15, 0.2) is 0 Å². The molecule has 0 aliphatic heterocycles. The first-order chi connectivity index (χ1) is 16.1. The molecular weight excluding hydrogens is 416 g/mol. The van der Waals surface area contributed by atoms with Crippen molar-refractivity contribution in [3.8, 4) is 0 Å². The molecule has 7 nitrogen and oxygen atoms in total. The van der Waals surface area contributed by atoms with Crippen molar-refractivity contribution < 1.29 is 14.4 Å². The molecule has 1 fully saturated rings. The Morgan fingerprint density at radius 1 is 0.818 bits per heavy atom. The molecule has 3 aromatic carbocycles. The Balaban J connectivity index is 1.38. The number of amides is 3. The van der Waals surface area contributed by atoms with E-state index >= 15 is 0 Å². The van der Waals surface area contributed by atoms with Crippen molar-refractivity contribution in [1.82, 2.24) is 10.7 Å². The second-order valence-electron chi connectivity index (χ2n) is 8.08. The van der Waals surface area contributed by atoms with Crippen LogP contribution in [-0.2, 0) is 9.59 Å². The summed E-state index contributed by atoms with van der Waals surface area (Å²) in [7, 11) is 0. The normalized spacial score (nSPS) is 14.2. The molecule has 0 bridgehead atoms. The first kappa shape index (κ1) is 22.2. The number of para-hydroxylation sites is 1. The van der Waals surface area contributed by atoms with Crippen LogP contribution in [0.5, 0.6) is 0 Å². The van der Waals surface area contributed by atoms with E-state index in [-0.39, 0.29) is 17.6 Å². The molecule has 3 aromatic rings. The highest BCUT2D eigenvalue weighted by atomic mass is 16.2. The van der Waals surface area contributed by atoms with E-state index in [9.17, 15) is 14.4 Å². The molecule has 168 valence electrons. The first-order valence-electron chi connectivity index (χ1n) is 11.1. The molecule has 4 rings (SSSR count). The van der Waals surface area contributed by atoms with Crippen LogP contribution in [0.4, 0.5) is 5.69 Å². The largest absolute Gasteiger partial charge is 0.349 e. The van der Waals surface area contributed by atoms with Crippen LogP contribution in [0, 0.1) is 0 Å². The zero-order valence-corrected chi connectivity index (χ0v) is 18.2. The number of benzene rings is 3. The highest BCUT2D eigenvalue weighted by Crippen LogP contribution is 2.20. The summed E-state index contributed by atoms with van der Waals surface area (Å²) in [5.74, 6) is -2.08. The zero-order chi connectivity index (χ0) is 23.0. The Hall–Kier alpha value is -4.00.